The van der Waals surface area contributed by atoms with Gasteiger partial charge in [0.15, 0.2) is 0 Å². The highest BCUT2D eigenvalue weighted by molar-refractivity contribution is 6.04. The molecule has 0 aliphatic carbocycles. The first-order valence-electron chi connectivity index (χ1n) is 6.44. The second-order valence-corrected chi connectivity index (χ2v) is 4.77. The number of hydrogen-bond acceptors (Lipinski definition) is 2. The van der Waals surface area contributed by atoms with Crippen molar-refractivity contribution in [3.05, 3.63) is 59.2 Å². The Morgan fingerprint density at radius 2 is 1.73 bits per heavy atom. The minimum atomic E-state index is -4.40. The summed E-state index contributed by atoms with van der Waals surface area (Å²) in [4.78, 5) is 12.1. The number of ether oxygens (including phenoxy) is 1. The van der Waals surface area contributed by atoms with Crippen LogP contribution in [0.1, 0.15) is 21.5 Å². The monoisotopic (exact) mass is 309 g/mol. The molecule has 1 N–H and O–H groups in total. The van der Waals surface area contributed by atoms with E-state index in [1.165, 1.54) is 19.2 Å². The maximum Gasteiger partial charge on any atom is 0.416 e. The van der Waals surface area contributed by atoms with Crippen molar-refractivity contribution in [2.45, 2.75) is 13.1 Å². The van der Waals surface area contributed by atoms with Crippen LogP contribution in [0.4, 0.5) is 18.9 Å². The van der Waals surface area contributed by atoms with Crippen LogP contribution in [-0.2, 0) is 6.18 Å². The van der Waals surface area contributed by atoms with E-state index in [-0.39, 0.29) is 0 Å². The molecule has 0 radical (unpaired) electrons. The molecule has 0 aliphatic heterocycles. The van der Waals surface area contributed by atoms with Crippen LogP contribution in [0.25, 0.3) is 0 Å². The molecule has 0 saturated carbocycles. The van der Waals surface area contributed by atoms with Gasteiger partial charge < -0.3 is 10.1 Å². The maximum absolute atomic E-state index is 12.5. The largest absolute Gasteiger partial charge is 0.497 e. The predicted molar refractivity (Wildman–Crippen MR) is 77.1 cm³/mol. The lowest BCUT2D eigenvalue weighted by molar-refractivity contribution is -0.137. The Kier molecular flexibility index (Phi) is 4.40. The fourth-order valence-electron chi connectivity index (χ4n) is 1.94. The Morgan fingerprint density at radius 1 is 1.09 bits per heavy atom. The van der Waals surface area contributed by atoms with Gasteiger partial charge in [-0.3, -0.25) is 4.79 Å². The van der Waals surface area contributed by atoms with Gasteiger partial charge in [0.2, 0.25) is 0 Å². The third-order valence-corrected chi connectivity index (χ3v) is 3.02. The SMILES string of the molecule is COc1cc(C)cc(C(=O)Nc2ccc(C(F)(F)F)cc2)c1. The molecule has 2 rings (SSSR count). The number of aryl methyl sites for hydroxylation is 1. The van der Waals surface area contributed by atoms with Crippen LogP contribution in [0.15, 0.2) is 42.5 Å². The molecule has 0 aromatic heterocycles. The van der Waals surface area contributed by atoms with E-state index < -0.39 is 17.6 Å². The van der Waals surface area contributed by atoms with Gasteiger partial charge in [-0.25, -0.2) is 0 Å². The first-order valence-corrected chi connectivity index (χ1v) is 6.44. The van der Waals surface area contributed by atoms with Gasteiger partial charge >= 0.3 is 6.18 Å². The molecule has 0 heterocycles. The van der Waals surface area contributed by atoms with E-state index in [0.29, 0.717) is 17.0 Å². The van der Waals surface area contributed by atoms with Crippen molar-refractivity contribution in [2.75, 3.05) is 12.4 Å². The Balaban J connectivity index is 2.17. The molecule has 0 aliphatic rings. The van der Waals surface area contributed by atoms with Crippen molar-refractivity contribution in [3.8, 4) is 5.75 Å². The van der Waals surface area contributed by atoms with Gasteiger partial charge in [0.05, 0.1) is 12.7 Å². The molecule has 6 heteroatoms. The van der Waals surface area contributed by atoms with Gasteiger partial charge in [0, 0.05) is 11.3 Å². The van der Waals surface area contributed by atoms with Crippen molar-refractivity contribution >= 4 is 11.6 Å². The normalized spacial score (nSPS) is 11.1. The third kappa shape index (κ3) is 3.78. The van der Waals surface area contributed by atoms with Crippen LogP contribution in [0.2, 0.25) is 0 Å². The van der Waals surface area contributed by atoms with Crippen LogP contribution in [0.5, 0.6) is 5.75 Å². The van der Waals surface area contributed by atoms with Gasteiger partial charge in [-0.2, -0.15) is 13.2 Å². The summed E-state index contributed by atoms with van der Waals surface area (Å²) >= 11 is 0. The zero-order chi connectivity index (χ0) is 16.3. The summed E-state index contributed by atoms with van der Waals surface area (Å²) in [5.41, 5.74) is 0.745. The molecule has 0 saturated heterocycles. The quantitative estimate of drug-likeness (QED) is 0.919. The zero-order valence-corrected chi connectivity index (χ0v) is 12.0. The number of benzene rings is 2. The molecule has 116 valence electrons. The highest BCUT2D eigenvalue weighted by atomic mass is 19.4. The molecular formula is C16H14F3NO2. The summed E-state index contributed by atoms with van der Waals surface area (Å²) in [5.74, 6) is 0.124. The molecule has 1 amide bonds. The summed E-state index contributed by atoms with van der Waals surface area (Å²) in [6.07, 6.45) is -4.40. The molecule has 3 nitrogen and oxygen atoms in total. The molecule has 0 fully saturated rings. The van der Waals surface area contributed by atoms with Crippen molar-refractivity contribution in [3.63, 3.8) is 0 Å². The van der Waals surface area contributed by atoms with E-state index in [9.17, 15) is 18.0 Å². The molecule has 0 spiro atoms. The first-order chi connectivity index (χ1) is 10.3. The number of carbonyl (C=O) groups is 1. The summed E-state index contributed by atoms with van der Waals surface area (Å²) in [7, 11) is 1.49. The van der Waals surface area contributed by atoms with Crippen LogP contribution in [0.3, 0.4) is 0 Å². The van der Waals surface area contributed by atoms with Crippen LogP contribution >= 0.6 is 0 Å². The Labute approximate surface area is 125 Å². The fraction of sp³-hybridized carbons (Fsp3) is 0.188. The maximum atomic E-state index is 12.5. The Bertz CT molecular complexity index is 679. The Morgan fingerprint density at radius 3 is 2.27 bits per heavy atom. The number of halogens is 3. The third-order valence-electron chi connectivity index (χ3n) is 3.02. The second kappa shape index (κ2) is 6.09. The minimum absolute atomic E-state index is 0.290. The summed E-state index contributed by atoms with van der Waals surface area (Å²) < 4.78 is 42.5. The topological polar surface area (TPSA) is 38.3 Å². The van der Waals surface area contributed by atoms with E-state index in [1.54, 1.807) is 18.2 Å². The number of rotatable bonds is 3. The van der Waals surface area contributed by atoms with Gasteiger partial charge in [-0.1, -0.05) is 0 Å². The molecular weight excluding hydrogens is 295 g/mol. The average Bonchev–Trinajstić information content (AvgIpc) is 2.46. The molecule has 0 atom stereocenters. The van der Waals surface area contributed by atoms with Gasteiger partial charge in [0.25, 0.3) is 5.91 Å². The summed E-state index contributed by atoms with van der Waals surface area (Å²) in [6, 6.07) is 9.28. The lowest BCUT2D eigenvalue weighted by atomic mass is 10.1. The van der Waals surface area contributed by atoms with E-state index in [4.69, 9.17) is 4.74 Å². The van der Waals surface area contributed by atoms with E-state index in [0.717, 1.165) is 17.7 Å². The average molecular weight is 309 g/mol. The fourth-order valence-corrected chi connectivity index (χ4v) is 1.94. The summed E-state index contributed by atoms with van der Waals surface area (Å²) in [5, 5.41) is 2.55. The van der Waals surface area contributed by atoms with E-state index in [2.05, 4.69) is 5.32 Å². The lowest BCUT2D eigenvalue weighted by Gasteiger charge is -2.10. The summed E-state index contributed by atoms with van der Waals surface area (Å²) in [6.45, 7) is 1.82. The number of hydrogen-bond donors (Lipinski definition) is 1. The van der Waals surface area contributed by atoms with Crippen molar-refractivity contribution in [1.29, 1.82) is 0 Å². The standard InChI is InChI=1S/C16H14F3NO2/c1-10-7-11(9-14(8-10)22-2)15(21)20-13-5-3-12(4-6-13)16(17,18)19/h3-9H,1-2H3,(H,20,21). The number of anilines is 1. The zero-order valence-electron chi connectivity index (χ0n) is 12.0. The van der Waals surface area contributed by atoms with Gasteiger partial charge in [-0.15, -0.1) is 0 Å². The minimum Gasteiger partial charge on any atom is -0.497 e. The van der Waals surface area contributed by atoms with Crippen molar-refractivity contribution in [1.82, 2.24) is 0 Å². The molecule has 2 aromatic rings. The number of alkyl halides is 3. The molecule has 0 unspecified atom stereocenters. The van der Waals surface area contributed by atoms with E-state index in [1.807, 2.05) is 6.92 Å². The number of carbonyl (C=O) groups excluding carboxylic acids is 1. The lowest BCUT2D eigenvalue weighted by Crippen LogP contribution is -2.12. The number of nitrogens with one attached hydrogen (secondary N) is 1. The van der Waals surface area contributed by atoms with Crippen molar-refractivity contribution in [2.24, 2.45) is 0 Å². The van der Waals surface area contributed by atoms with Gasteiger partial charge in [-0.05, 0) is 55.0 Å². The van der Waals surface area contributed by atoms with Crippen LogP contribution in [-0.4, -0.2) is 13.0 Å². The smallest absolute Gasteiger partial charge is 0.416 e. The van der Waals surface area contributed by atoms with Crippen LogP contribution in [0, 0.1) is 6.92 Å². The highest BCUT2D eigenvalue weighted by Gasteiger charge is 2.29. The van der Waals surface area contributed by atoms with E-state index >= 15 is 0 Å². The Hall–Kier alpha value is -2.50. The molecule has 0 bridgehead atoms. The number of methoxy groups -OCH3 is 1. The number of amides is 1. The van der Waals surface area contributed by atoms with Gasteiger partial charge in [0.1, 0.15) is 5.75 Å². The predicted octanol–water partition coefficient (Wildman–Crippen LogP) is 4.27. The molecule has 22 heavy (non-hydrogen) atoms. The van der Waals surface area contributed by atoms with Crippen LogP contribution < -0.4 is 10.1 Å². The molecule has 2 aromatic carbocycles. The second-order valence-electron chi connectivity index (χ2n) is 4.77. The van der Waals surface area contributed by atoms with Crippen molar-refractivity contribution < 1.29 is 22.7 Å². The first kappa shape index (κ1) is 15.9. The highest BCUT2D eigenvalue weighted by Crippen LogP contribution is 2.30.